The van der Waals surface area contributed by atoms with E-state index in [1.807, 2.05) is 32.0 Å². The predicted molar refractivity (Wildman–Crippen MR) is 74.3 cm³/mol. The number of hydrogen-bond acceptors (Lipinski definition) is 2. The Balaban J connectivity index is 2.56. The van der Waals surface area contributed by atoms with E-state index >= 15 is 0 Å². The average molecular weight is 312 g/mol. The first-order valence-electron chi connectivity index (χ1n) is 5.40. The van der Waals surface area contributed by atoms with Crippen LogP contribution in [-0.2, 0) is 6.42 Å². The second kappa shape index (κ2) is 5.15. The average Bonchev–Trinajstić information content (AvgIpc) is 2.32. The summed E-state index contributed by atoms with van der Waals surface area (Å²) in [6, 6.07) is 8.09. The van der Waals surface area contributed by atoms with E-state index in [1.54, 1.807) is 0 Å². The maximum atomic E-state index is 6.09. The van der Waals surface area contributed by atoms with Gasteiger partial charge in [-0.05, 0) is 35.3 Å². The van der Waals surface area contributed by atoms with Gasteiger partial charge >= 0.3 is 0 Å². The van der Waals surface area contributed by atoms with Crippen LogP contribution in [0, 0.1) is 6.92 Å². The molecule has 17 heavy (non-hydrogen) atoms. The Hall–Kier alpha value is -0.930. The highest BCUT2D eigenvalue weighted by Crippen LogP contribution is 2.27. The molecule has 0 unspecified atom stereocenters. The Morgan fingerprint density at radius 3 is 2.71 bits per heavy atom. The zero-order valence-corrected chi connectivity index (χ0v) is 12.0. The van der Waals surface area contributed by atoms with Crippen LogP contribution in [0.5, 0.6) is 0 Å². The second-order valence-electron chi connectivity index (χ2n) is 3.82. The summed E-state index contributed by atoms with van der Waals surface area (Å²) in [5, 5.41) is 0.466. The van der Waals surface area contributed by atoms with Crippen molar-refractivity contribution in [2.24, 2.45) is 0 Å². The van der Waals surface area contributed by atoms with Crippen LogP contribution in [0.15, 0.2) is 28.7 Å². The van der Waals surface area contributed by atoms with Gasteiger partial charge in [0.2, 0.25) is 0 Å². The molecule has 1 aromatic carbocycles. The Morgan fingerprint density at radius 2 is 2.06 bits per heavy atom. The smallest absolute Gasteiger partial charge is 0.161 e. The number of aryl methyl sites for hydroxylation is 2. The van der Waals surface area contributed by atoms with Gasteiger partial charge in [0, 0.05) is 5.56 Å². The molecule has 2 aromatic rings. The van der Waals surface area contributed by atoms with Crippen molar-refractivity contribution in [3.8, 4) is 11.4 Å². The fourth-order valence-electron chi connectivity index (χ4n) is 1.61. The fourth-order valence-corrected chi connectivity index (χ4v) is 2.26. The Kier molecular flexibility index (Phi) is 3.79. The number of benzene rings is 1. The van der Waals surface area contributed by atoms with E-state index in [2.05, 4.69) is 32.0 Å². The molecule has 0 aliphatic rings. The number of aromatic nitrogens is 2. The topological polar surface area (TPSA) is 25.8 Å². The molecular weight excluding hydrogens is 300 g/mol. The Bertz CT molecular complexity index is 555. The van der Waals surface area contributed by atoms with Gasteiger partial charge in [-0.3, -0.25) is 0 Å². The van der Waals surface area contributed by atoms with E-state index in [1.165, 1.54) is 5.56 Å². The third-order valence-electron chi connectivity index (χ3n) is 2.49. The summed E-state index contributed by atoms with van der Waals surface area (Å²) in [7, 11) is 0. The maximum absolute atomic E-state index is 6.09. The molecule has 0 atom stereocenters. The van der Waals surface area contributed by atoms with Crippen LogP contribution in [0.25, 0.3) is 11.4 Å². The third kappa shape index (κ3) is 2.67. The van der Waals surface area contributed by atoms with Crippen molar-refractivity contribution in [1.82, 2.24) is 9.97 Å². The summed E-state index contributed by atoms with van der Waals surface area (Å²) in [6.45, 7) is 4.09. The monoisotopic (exact) mass is 310 g/mol. The largest absolute Gasteiger partial charge is 0.232 e. The zero-order chi connectivity index (χ0) is 12.4. The molecule has 0 aliphatic carbocycles. The number of nitrogens with zero attached hydrogens (tertiary/aromatic N) is 2. The minimum absolute atomic E-state index is 0.466. The molecule has 0 amide bonds. The number of hydrogen-bond donors (Lipinski definition) is 0. The van der Waals surface area contributed by atoms with Gasteiger partial charge in [-0.1, -0.05) is 42.3 Å². The van der Waals surface area contributed by atoms with Crippen molar-refractivity contribution in [3.63, 3.8) is 0 Å². The molecule has 0 radical (unpaired) electrons. The van der Waals surface area contributed by atoms with E-state index in [0.29, 0.717) is 11.0 Å². The molecule has 2 nitrogen and oxygen atoms in total. The molecule has 0 saturated carbocycles. The quantitative estimate of drug-likeness (QED) is 0.767. The van der Waals surface area contributed by atoms with Crippen molar-refractivity contribution in [2.75, 3.05) is 0 Å². The van der Waals surface area contributed by atoms with Crippen molar-refractivity contribution < 1.29 is 0 Å². The van der Waals surface area contributed by atoms with Gasteiger partial charge in [-0.2, -0.15) is 0 Å². The molecule has 0 aliphatic heterocycles. The highest BCUT2D eigenvalue weighted by Gasteiger charge is 2.10. The van der Waals surface area contributed by atoms with Crippen LogP contribution < -0.4 is 0 Å². The second-order valence-corrected chi connectivity index (χ2v) is 4.97. The Morgan fingerprint density at radius 1 is 1.29 bits per heavy atom. The van der Waals surface area contributed by atoms with Crippen LogP contribution in [-0.4, -0.2) is 9.97 Å². The first-order valence-corrected chi connectivity index (χ1v) is 6.58. The summed E-state index contributed by atoms with van der Waals surface area (Å²) in [6.07, 6.45) is 0.821. The standard InChI is InChI=1S/C13H12BrClN2/c1-3-10-11(14)12(15)17-13(16-10)9-6-4-5-8(2)7-9/h4-7H,3H2,1-2H3. The molecule has 0 spiro atoms. The van der Waals surface area contributed by atoms with Crippen molar-refractivity contribution in [2.45, 2.75) is 20.3 Å². The van der Waals surface area contributed by atoms with E-state index in [-0.39, 0.29) is 0 Å². The molecule has 0 N–H and O–H groups in total. The molecule has 4 heteroatoms. The van der Waals surface area contributed by atoms with Gasteiger partial charge in [0.15, 0.2) is 5.82 Å². The van der Waals surface area contributed by atoms with Crippen molar-refractivity contribution in [1.29, 1.82) is 0 Å². The molecule has 0 saturated heterocycles. The summed E-state index contributed by atoms with van der Waals surface area (Å²) in [5.41, 5.74) is 3.11. The Labute approximate surface area is 114 Å². The lowest BCUT2D eigenvalue weighted by molar-refractivity contribution is 0.990. The lowest BCUT2D eigenvalue weighted by atomic mass is 10.1. The van der Waals surface area contributed by atoms with Gasteiger partial charge < -0.3 is 0 Å². The normalized spacial score (nSPS) is 10.6. The molecular formula is C13H12BrClN2. The lowest BCUT2D eigenvalue weighted by Gasteiger charge is -2.07. The number of rotatable bonds is 2. The van der Waals surface area contributed by atoms with Gasteiger partial charge in [-0.15, -0.1) is 0 Å². The highest BCUT2D eigenvalue weighted by atomic mass is 79.9. The van der Waals surface area contributed by atoms with Gasteiger partial charge in [0.25, 0.3) is 0 Å². The van der Waals surface area contributed by atoms with Crippen LogP contribution in [0.1, 0.15) is 18.2 Å². The molecule has 88 valence electrons. The first kappa shape index (κ1) is 12.5. The summed E-state index contributed by atoms with van der Waals surface area (Å²) >= 11 is 9.49. The third-order valence-corrected chi connectivity index (χ3v) is 3.83. The van der Waals surface area contributed by atoms with E-state index in [0.717, 1.165) is 22.2 Å². The highest BCUT2D eigenvalue weighted by molar-refractivity contribution is 9.10. The number of halogens is 2. The zero-order valence-electron chi connectivity index (χ0n) is 9.67. The summed E-state index contributed by atoms with van der Waals surface area (Å²) in [5.74, 6) is 0.679. The van der Waals surface area contributed by atoms with Crippen LogP contribution in [0.4, 0.5) is 0 Å². The first-order chi connectivity index (χ1) is 8.11. The predicted octanol–water partition coefficient (Wildman–Crippen LogP) is 4.43. The molecule has 1 heterocycles. The van der Waals surface area contributed by atoms with E-state index < -0.39 is 0 Å². The van der Waals surface area contributed by atoms with Gasteiger partial charge in [0.05, 0.1) is 10.2 Å². The molecule has 1 aromatic heterocycles. The molecule has 0 bridgehead atoms. The SMILES string of the molecule is CCc1nc(-c2cccc(C)c2)nc(Cl)c1Br. The minimum Gasteiger partial charge on any atom is -0.232 e. The lowest BCUT2D eigenvalue weighted by Crippen LogP contribution is -1.97. The van der Waals surface area contributed by atoms with Crippen molar-refractivity contribution >= 4 is 27.5 Å². The summed E-state index contributed by atoms with van der Waals surface area (Å²) < 4.78 is 0.790. The molecule has 2 rings (SSSR count). The van der Waals surface area contributed by atoms with E-state index in [9.17, 15) is 0 Å². The van der Waals surface area contributed by atoms with Crippen LogP contribution in [0.2, 0.25) is 5.15 Å². The van der Waals surface area contributed by atoms with Crippen LogP contribution in [0.3, 0.4) is 0 Å². The molecule has 0 fully saturated rings. The minimum atomic E-state index is 0.466. The fraction of sp³-hybridized carbons (Fsp3) is 0.231. The van der Waals surface area contributed by atoms with Crippen LogP contribution >= 0.6 is 27.5 Å². The van der Waals surface area contributed by atoms with Gasteiger partial charge in [0.1, 0.15) is 5.15 Å². The van der Waals surface area contributed by atoms with Gasteiger partial charge in [-0.25, -0.2) is 9.97 Å². The maximum Gasteiger partial charge on any atom is 0.161 e. The summed E-state index contributed by atoms with van der Waals surface area (Å²) in [4.78, 5) is 8.82. The van der Waals surface area contributed by atoms with E-state index in [4.69, 9.17) is 11.6 Å². The van der Waals surface area contributed by atoms with Crippen molar-refractivity contribution in [3.05, 3.63) is 45.1 Å².